The smallest absolute Gasteiger partial charge is 0.410 e. The second-order valence-electron chi connectivity index (χ2n) is 7.42. The van der Waals surface area contributed by atoms with E-state index in [0.717, 1.165) is 28.7 Å². The number of likely N-dealkylation sites (tertiary alicyclic amines) is 1. The molecule has 144 valence electrons. The van der Waals surface area contributed by atoms with Crippen LogP contribution in [0, 0.1) is 6.92 Å². The van der Waals surface area contributed by atoms with E-state index >= 15 is 0 Å². The molecule has 0 radical (unpaired) electrons. The predicted octanol–water partition coefficient (Wildman–Crippen LogP) is 4.13. The van der Waals surface area contributed by atoms with E-state index in [0.29, 0.717) is 25.3 Å². The number of rotatable bonds is 5. The topological polar surface area (TPSA) is 59.1 Å². The number of anilines is 1. The lowest BCUT2D eigenvalue weighted by Gasteiger charge is -2.32. The summed E-state index contributed by atoms with van der Waals surface area (Å²) in [5.41, 5.74) is 1.40. The highest BCUT2D eigenvalue weighted by Crippen LogP contribution is 2.35. The molecule has 1 atom stereocenters. The molecule has 7 heteroatoms. The van der Waals surface area contributed by atoms with Gasteiger partial charge in [0.25, 0.3) is 6.47 Å². The Balaban J connectivity index is 2.20. The number of likely N-dealkylation sites (N-methyl/N-ethyl adjacent to an activating group) is 1. The van der Waals surface area contributed by atoms with Gasteiger partial charge in [-0.3, -0.25) is 4.79 Å². The molecule has 1 aliphatic rings. The van der Waals surface area contributed by atoms with Crippen LogP contribution >= 0.6 is 15.9 Å². The van der Waals surface area contributed by atoms with Crippen molar-refractivity contribution in [1.29, 1.82) is 0 Å². The van der Waals surface area contributed by atoms with Crippen molar-refractivity contribution in [3.63, 3.8) is 0 Å². The lowest BCUT2D eigenvalue weighted by atomic mass is 10.1. The zero-order valence-corrected chi connectivity index (χ0v) is 17.6. The maximum absolute atomic E-state index is 12.3. The minimum Gasteiger partial charge on any atom is -0.444 e. The van der Waals surface area contributed by atoms with Gasteiger partial charge in [-0.15, -0.1) is 0 Å². The fraction of sp³-hybridized carbons (Fsp3) is 0.579. The van der Waals surface area contributed by atoms with Crippen molar-refractivity contribution in [3.05, 3.63) is 22.2 Å². The van der Waals surface area contributed by atoms with Gasteiger partial charge < -0.3 is 19.3 Å². The molecular weight excluding hydrogens is 400 g/mol. The molecule has 0 aliphatic carbocycles. The summed E-state index contributed by atoms with van der Waals surface area (Å²) in [6, 6.07) is 3.99. The number of carbonyl (C=O) groups excluding carboxylic acids is 2. The van der Waals surface area contributed by atoms with E-state index in [1.54, 1.807) is 11.0 Å². The Hall–Kier alpha value is -1.76. The number of nitrogens with zero attached hydrogens (tertiary/aromatic N) is 2. The number of ether oxygens (including phenoxy) is 2. The van der Waals surface area contributed by atoms with E-state index in [9.17, 15) is 9.59 Å². The third-order valence-corrected chi connectivity index (χ3v) is 4.84. The molecule has 0 aromatic heterocycles. The first-order valence-corrected chi connectivity index (χ1v) is 9.60. The van der Waals surface area contributed by atoms with Gasteiger partial charge in [-0.05, 0) is 53.2 Å². The molecule has 1 unspecified atom stereocenters. The molecule has 0 spiro atoms. The number of hydrogen-bond donors (Lipinski definition) is 0. The first kappa shape index (κ1) is 20.6. The first-order chi connectivity index (χ1) is 12.2. The van der Waals surface area contributed by atoms with Crippen LogP contribution in [-0.2, 0) is 9.53 Å². The molecule has 1 saturated heterocycles. The molecule has 0 N–H and O–H groups in total. The van der Waals surface area contributed by atoms with Gasteiger partial charge >= 0.3 is 6.09 Å². The van der Waals surface area contributed by atoms with Gasteiger partial charge in [0.1, 0.15) is 11.4 Å². The summed E-state index contributed by atoms with van der Waals surface area (Å²) in [6.45, 7) is 12.1. The van der Waals surface area contributed by atoms with Gasteiger partial charge in [0.2, 0.25) is 0 Å². The van der Waals surface area contributed by atoms with Gasteiger partial charge in [-0.2, -0.15) is 0 Å². The number of amides is 1. The Morgan fingerprint density at radius 2 is 2.12 bits per heavy atom. The SMILES string of the molecule is CCN(c1cc(Br)cc(OC=O)c1C)C1CCN(C(=O)OC(C)(C)C)C1. The van der Waals surface area contributed by atoms with Crippen molar-refractivity contribution in [1.82, 2.24) is 4.90 Å². The molecule has 1 fully saturated rings. The van der Waals surface area contributed by atoms with Crippen molar-refractivity contribution < 1.29 is 19.1 Å². The number of halogens is 1. The molecule has 0 saturated carbocycles. The Kier molecular flexibility index (Phi) is 6.55. The fourth-order valence-electron chi connectivity index (χ4n) is 3.23. The van der Waals surface area contributed by atoms with E-state index in [1.165, 1.54) is 0 Å². The highest BCUT2D eigenvalue weighted by Gasteiger charge is 2.33. The van der Waals surface area contributed by atoms with E-state index in [-0.39, 0.29) is 12.1 Å². The van der Waals surface area contributed by atoms with E-state index < -0.39 is 5.60 Å². The first-order valence-electron chi connectivity index (χ1n) is 8.81. The molecule has 1 amide bonds. The minimum absolute atomic E-state index is 0.185. The summed E-state index contributed by atoms with van der Waals surface area (Å²) < 4.78 is 11.4. The second kappa shape index (κ2) is 8.29. The highest BCUT2D eigenvalue weighted by molar-refractivity contribution is 9.10. The van der Waals surface area contributed by atoms with E-state index in [1.807, 2.05) is 33.8 Å². The quantitative estimate of drug-likeness (QED) is 0.662. The van der Waals surface area contributed by atoms with Gasteiger partial charge in [0.15, 0.2) is 0 Å². The predicted molar refractivity (Wildman–Crippen MR) is 105 cm³/mol. The number of hydrogen-bond acceptors (Lipinski definition) is 5. The lowest BCUT2D eigenvalue weighted by Crippen LogP contribution is -2.40. The third-order valence-electron chi connectivity index (χ3n) is 4.38. The zero-order chi connectivity index (χ0) is 19.5. The molecule has 1 heterocycles. The van der Waals surface area contributed by atoms with E-state index in [2.05, 4.69) is 27.8 Å². The lowest BCUT2D eigenvalue weighted by molar-refractivity contribution is -0.120. The standard InChI is InChI=1S/C19H27BrN2O4/c1-6-22(16-9-14(20)10-17(13(16)2)25-12-23)15-7-8-21(11-15)18(24)26-19(3,4)5/h9-10,12,15H,6-8,11H2,1-5H3. The monoisotopic (exact) mass is 426 g/mol. The van der Waals surface area contributed by atoms with Crippen molar-refractivity contribution in [2.75, 3.05) is 24.5 Å². The molecule has 1 aromatic rings. The van der Waals surface area contributed by atoms with Crippen LogP contribution in [-0.4, -0.2) is 48.7 Å². The Morgan fingerprint density at radius 1 is 1.42 bits per heavy atom. The van der Waals surface area contributed by atoms with Crippen LogP contribution in [0.4, 0.5) is 10.5 Å². The summed E-state index contributed by atoms with van der Waals surface area (Å²) in [6.07, 6.45) is 0.593. The van der Waals surface area contributed by atoms with Crippen molar-refractivity contribution in [3.8, 4) is 5.75 Å². The summed E-state index contributed by atoms with van der Waals surface area (Å²) in [4.78, 5) is 27.1. The number of carbonyl (C=O) groups is 2. The highest BCUT2D eigenvalue weighted by atomic mass is 79.9. The average molecular weight is 427 g/mol. The number of benzene rings is 1. The van der Waals surface area contributed by atoms with E-state index in [4.69, 9.17) is 9.47 Å². The summed E-state index contributed by atoms with van der Waals surface area (Å²) in [5.74, 6) is 0.532. The fourth-order valence-corrected chi connectivity index (χ4v) is 3.65. The molecular formula is C19H27BrN2O4. The van der Waals surface area contributed by atoms with Crippen LogP contribution < -0.4 is 9.64 Å². The maximum Gasteiger partial charge on any atom is 0.410 e. The van der Waals surface area contributed by atoms with Crippen molar-refractivity contribution >= 4 is 34.2 Å². The van der Waals surface area contributed by atoms with Crippen LogP contribution in [0.1, 0.15) is 39.7 Å². The average Bonchev–Trinajstić information content (AvgIpc) is 3.01. The summed E-state index contributed by atoms with van der Waals surface area (Å²) >= 11 is 3.48. The molecule has 1 aliphatic heterocycles. The molecule has 0 bridgehead atoms. The van der Waals surface area contributed by atoms with Crippen LogP contribution in [0.15, 0.2) is 16.6 Å². The Morgan fingerprint density at radius 3 is 2.69 bits per heavy atom. The van der Waals surface area contributed by atoms with Crippen LogP contribution in [0.2, 0.25) is 0 Å². The van der Waals surface area contributed by atoms with Crippen molar-refractivity contribution in [2.45, 2.75) is 52.7 Å². The second-order valence-corrected chi connectivity index (χ2v) is 8.33. The van der Waals surface area contributed by atoms with Crippen LogP contribution in [0.5, 0.6) is 5.75 Å². The summed E-state index contributed by atoms with van der Waals surface area (Å²) in [5, 5.41) is 0. The molecule has 6 nitrogen and oxygen atoms in total. The Bertz CT molecular complexity index is 672. The molecule has 26 heavy (non-hydrogen) atoms. The van der Waals surface area contributed by atoms with Gasteiger partial charge in [-0.25, -0.2) is 4.79 Å². The van der Waals surface area contributed by atoms with Gasteiger partial charge in [-0.1, -0.05) is 15.9 Å². The largest absolute Gasteiger partial charge is 0.444 e. The molecule has 1 aromatic carbocycles. The Labute approximate surface area is 163 Å². The normalized spacial score (nSPS) is 17.2. The summed E-state index contributed by atoms with van der Waals surface area (Å²) in [7, 11) is 0. The third kappa shape index (κ3) is 4.90. The van der Waals surface area contributed by atoms with Crippen LogP contribution in [0.3, 0.4) is 0 Å². The van der Waals surface area contributed by atoms with Crippen molar-refractivity contribution in [2.24, 2.45) is 0 Å². The maximum atomic E-state index is 12.3. The van der Waals surface area contributed by atoms with Crippen LogP contribution in [0.25, 0.3) is 0 Å². The van der Waals surface area contributed by atoms with Gasteiger partial charge in [0, 0.05) is 41.4 Å². The molecule has 2 rings (SSSR count). The zero-order valence-electron chi connectivity index (χ0n) is 16.0. The van der Waals surface area contributed by atoms with Gasteiger partial charge in [0.05, 0.1) is 0 Å². The minimum atomic E-state index is -0.498.